The van der Waals surface area contributed by atoms with Gasteiger partial charge in [-0.25, -0.2) is 0 Å². The Balaban J connectivity index is 1.77. The van der Waals surface area contributed by atoms with Crippen molar-refractivity contribution in [2.24, 2.45) is 17.3 Å². The van der Waals surface area contributed by atoms with Gasteiger partial charge in [-0.1, -0.05) is 96.8 Å². The monoisotopic (exact) mass is 470 g/mol. The second-order valence-electron chi connectivity index (χ2n) is 12.2. The molecule has 0 bridgehead atoms. The van der Waals surface area contributed by atoms with Crippen LogP contribution in [0.15, 0.2) is 36.4 Å². The van der Waals surface area contributed by atoms with Crippen molar-refractivity contribution in [1.82, 2.24) is 0 Å². The van der Waals surface area contributed by atoms with Crippen molar-refractivity contribution < 1.29 is 14.3 Å². The molecule has 2 aromatic carbocycles. The number of rotatable bonds is 6. The van der Waals surface area contributed by atoms with Crippen LogP contribution in [-0.4, -0.2) is 12.6 Å². The molecule has 2 atom stereocenters. The molecule has 1 aliphatic rings. The lowest BCUT2D eigenvalue weighted by molar-refractivity contribution is -0.137. The van der Waals surface area contributed by atoms with Crippen LogP contribution in [0.4, 0.5) is 0 Å². The molecule has 0 saturated heterocycles. The van der Waals surface area contributed by atoms with E-state index < -0.39 is 0 Å². The number of hydrogen-bond acceptors (Lipinski definition) is 3. The first-order chi connectivity index (χ1) is 15.1. The average molecular weight is 471 g/mol. The summed E-state index contributed by atoms with van der Waals surface area (Å²) in [5, 5.41) is 0.713. The van der Waals surface area contributed by atoms with Crippen molar-refractivity contribution >= 4 is 17.6 Å². The van der Waals surface area contributed by atoms with E-state index in [0.717, 1.165) is 22.4 Å². The Bertz CT molecular complexity index is 972. The molecule has 0 heterocycles. The van der Waals surface area contributed by atoms with Crippen LogP contribution in [-0.2, 0) is 27.0 Å². The molecule has 3 nitrogen and oxygen atoms in total. The minimum atomic E-state index is -0.176. The van der Waals surface area contributed by atoms with Gasteiger partial charge in [0.05, 0.1) is 19.1 Å². The van der Waals surface area contributed by atoms with Gasteiger partial charge in [0.1, 0.15) is 5.75 Å². The quantitative estimate of drug-likeness (QED) is 0.321. The Hall–Kier alpha value is -1.84. The van der Waals surface area contributed by atoms with Gasteiger partial charge in [0.15, 0.2) is 0 Å². The number of aryl methyl sites for hydroxylation is 1. The highest BCUT2D eigenvalue weighted by Gasteiger charge is 2.62. The molecule has 0 N–H and O–H groups in total. The summed E-state index contributed by atoms with van der Waals surface area (Å²) in [6.45, 7) is 20.4. The average Bonchev–Trinajstić information content (AvgIpc) is 3.23. The van der Waals surface area contributed by atoms with E-state index in [1.165, 1.54) is 5.56 Å². The summed E-state index contributed by atoms with van der Waals surface area (Å²) in [5.74, 6) is 0.539. The molecule has 0 aromatic heterocycles. The summed E-state index contributed by atoms with van der Waals surface area (Å²) in [6.07, 6.45) is 0. The van der Waals surface area contributed by atoms with Crippen LogP contribution in [0, 0.1) is 24.2 Å². The highest BCUT2D eigenvalue weighted by atomic mass is 35.5. The smallest absolute Gasteiger partial charge is 0.315 e. The SMILES string of the molecule is Cc1cc(C(C)(C)C)c(OC(=O)C2C(COCc3ccc(Cl)cc3)C2(C)C)c(C(C)(C)C)c1. The number of carbonyl (C=O) groups excluding carboxylic acids is 1. The normalized spacial score (nSPS) is 19.9. The Kier molecular flexibility index (Phi) is 7.09. The molecule has 1 aliphatic carbocycles. The second-order valence-corrected chi connectivity index (χ2v) is 12.6. The third-order valence-corrected chi connectivity index (χ3v) is 7.09. The van der Waals surface area contributed by atoms with E-state index >= 15 is 0 Å². The van der Waals surface area contributed by atoms with E-state index in [-0.39, 0.29) is 34.1 Å². The second kappa shape index (κ2) is 9.07. The van der Waals surface area contributed by atoms with Gasteiger partial charge in [-0.3, -0.25) is 4.79 Å². The summed E-state index contributed by atoms with van der Waals surface area (Å²) in [5.41, 5.74) is 3.99. The molecule has 0 radical (unpaired) electrons. The topological polar surface area (TPSA) is 35.5 Å². The third-order valence-electron chi connectivity index (χ3n) is 6.84. The molecule has 0 amide bonds. The Morgan fingerprint density at radius 2 is 1.48 bits per heavy atom. The molecule has 4 heteroatoms. The zero-order valence-electron chi connectivity index (χ0n) is 21.6. The Morgan fingerprint density at radius 3 is 1.97 bits per heavy atom. The molecule has 3 rings (SSSR count). The number of carbonyl (C=O) groups is 1. The molecule has 1 fully saturated rings. The van der Waals surface area contributed by atoms with Crippen LogP contribution in [0.25, 0.3) is 0 Å². The predicted molar refractivity (Wildman–Crippen MR) is 136 cm³/mol. The largest absolute Gasteiger partial charge is 0.426 e. The minimum Gasteiger partial charge on any atom is -0.426 e. The van der Waals surface area contributed by atoms with Gasteiger partial charge < -0.3 is 9.47 Å². The Labute approximate surface area is 204 Å². The first-order valence-electron chi connectivity index (χ1n) is 11.8. The molecule has 33 heavy (non-hydrogen) atoms. The highest BCUT2D eigenvalue weighted by molar-refractivity contribution is 6.30. The fourth-order valence-corrected chi connectivity index (χ4v) is 4.69. The number of halogens is 1. The van der Waals surface area contributed by atoms with Gasteiger partial charge in [0.25, 0.3) is 0 Å². The van der Waals surface area contributed by atoms with Gasteiger partial charge >= 0.3 is 5.97 Å². The van der Waals surface area contributed by atoms with Gasteiger partial charge in [-0.05, 0) is 40.9 Å². The van der Waals surface area contributed by atoms with Crippen molar-refractivity contribution in [3.63, 3.8) is 0 Å². The summed E-state index contributed by atoms with van der Waals surface area (Å²) in [7, 11) is 0. The van der Waals surface area contributed by atoms with Gasteiger partial charge in [-0.15, -0.1) is 0 Å². The molecule has 0 spiro atoms. The number of esters is 1. The van der Waals surface area contributed by atoms with Gasteiger partial charge in [0, 0.05) is 22.1 Å². The first-order valence-corrected chi connectivity index (χ1v) is 12.2. The van der Waals surface area contributed by atoms with Crippen LogP contribution in [0.2, 0.25) is 5.02 Å². The maximum atomic E-state index is 13.4. The molecule has 1 saturated carbocycles. The lowest BCUT2D eigenvalue weighted by atomic mass is 9.78. The fraction of sp³-hybridized carbons (Fsp3) is 0.552. The minimum absolute atomic E-state index is 0.137. The number of ether oxygens (including phenoxy) is 2. The predicted octanol–water partition coefficient (Wildman–Crippen LogP) is 7.64. The van der Waals surface area contributed by atoms with Crippen molar-refractivity contribution in [3.8, 4) is 5.75 Å². The lowest BCUT2D eigenvalue weighted by Gasteiger charge is -2.30. The molecule has 2 unspecified atom stereocenters. The van der Waals surface area contributed by atoms with Crippen LogP contribution >= 0.6 is 11.6 Å². The van der Waals surface area contributed by atoms with Crippen LogP contribution in [0.3, 0.4) is 0 Å². The number of hydrogen-bond donors (Lipinski definition) is 0. The zero-order chi connectivity index (χ0) is 24.8. The molecule has 2 aromatic rings. The summed E-state index contributed by atoms with van der Waals surface area (Å²) >= 11 is 5.96. The molecule has 180 valence electrons. The van der Waals surface area contributed by atoms with Crippen LogP contribution in [0.5, 0.6) is 5.75 Å². The molecule has 0 aliphatic heterocycles. The lowest BCUT2D eigenvalue weighted by Crippen LogP contribution is -2.23. The van der Waals surface area contributed by atoms with E-state index in [4.69, 9.17) is 21.1 Å². The summed E-state index contributed by atoms with van der Waals surface area (Å²) in [6, 6.07) is 12.0. The van der Waals surface area contributed by atoms with Crippen LogP contribution < -0.4 is 4.74 Å². The van der Waals surface area contributed by atoms with Crippen molar-refractivity contribution in [3.05, 3.63) is 63.7 Å². The standard InChI is InChI=1S/C29H39ClO3/c1-18-14-21(27(2,3)4)25(22(15-18)28(5,6)7)33-26(31)24-23(29(24,8)9)17-32-16-19-10-12-20(30)13-11-19/h10-15,23-24H,16-17H2,1-9H3. The van der Waals surface area contributed by atoms with Crippen LogP contribution in [0.1, 0.15) is 77.6 Å². The zero-order valence-corrected chi connectivity index (χ0v) is 22.4. The van der Waals surface area contributed by atoms with E-state index in [2.05, 4.69) is 74.4 Å². The van der Waals surface area contributed by atoms with Crippen molar-refractivity contribution in [1.29, 1.82) is 0 Å². The third kappa shape index (κ3) is 5.81. The van der Waals surface area contributed by atoms with Crippen molar-refractivity contribution in [2.75, 3.05) is 6.61 Å². The molecular formula is C29H39ClO3. The van der Waals surface area contributed by atoms with E-state index in [1.54, 1.807) is 0 Å². The van der Waals surface area contributed by atoms with Gasteiger partial charge in [-0.2, -0.15) is 0 Å². The molecular weight excluding hydrogens is 432 g/mol. The first kappa shape index (κ1) is 25.8. The number of benzene rings is 2. The van der Waals surface area contributed by atoms with E-state index in [9.17, 15) is 4.79 Å². The van der Waals surface area contributed by atoms with Crippen molar-refractivity contribution in [2.45, 2.75) is 79.8 Å². The Morgan fingerprint density at radius 1 is 0.970 bits per heavy atom. The fourth-order valence-electron chi connectivity index (χ4n) is 4.57. The highest BCUT2D eigenvalue weighted by Crippen LogP contribution is 2.59. The summed E-state index contributed by atoms with van der Waals surface area (Å²) < 4.78 is 12.2. The van der Waals surface area contributed by atoms with E-state index in [0.29, 0.717) is 18.2 Å². The maximum absolute atomic E-state index is 13.4. The van der Waals surface area contributed by atoms with E-state index in [1.807, 2.05) is 24.3 Å². The summed E-state index contributed by atoms with van der Waals surface area (Å²) in [4.78, 5) is 13.4. The van der Waals surface area contributed by atoms with Gasteiger partial charge in [0.2, 0.25) is 0 Å². The maximum Gasteiger partial charge on any atom is 0.315 e.